The Bertz CT molecular complexity index is 858. The van der Waals surface area contributed by atoms with Gasteiger partial charge in [-0.15, -0.1) is 0 Å². The minimum Gasteiger partial charge on any atom is -0.364 e. The summed E-state index contributed by atoms with van der Waals surface area (Å²) < 4.78 is 0. The Labute approximate surface area is 174 Å². The van der Waals surface area contributed by atoms with Gasteiger partial charge < -0.3 is 10.2 Å². The molecule has 0 unspecified atom stereocenters. The number of anilines is 2. The van der Waals surface area contributed by atoms with Gasteiger partial charge in [-0.05, 0) is 87.6 Å². The highest BCUT2D eigenvalue weighted by molar-refractivity contribution is 7.80. The van der Waals surface area contributed by atoms with Crippen LogP contribution in [0.3, 0.4) is 0 Å². The van der Waals surface area contributed by atoms with Crippen molar-refractivity contribution in [2.45, 2.75) is 58.5 Å². The largest absolute Gasteiger partial charge is 0.364 e. The first-order valence-corrected chi connectivity index (χ1v) is 10.3. The number of hydrogen-bond donors (Lipinski definition) is 2. The lowest BCUT2D eigenvalue weighted by atomic mass is 9.79. The molecule has 0 fully saturated rings. The summed E-state index contributed by atoms with van der Waals surface area (Å²) in [4.78, 5) is 2.54. The van der Waals surface area contributed by atoms with E-state index in [4.69, 9.17) is 12.2 Å². The summed E-state index contributed by atoms with van der Waals surface area (Å²) in [5.74, 6) is 0.516. The Morgan fingerprint density at radius 3 is 2.61 bits per heavy atom. The van der Waals surface area contributed by atoms with E-state index < -0.39 is 0 Å². The van der Waals surface area contributed by atoms with Gasteiger partial charge in [-0.25, -0.2) is 0 Å². The maximum atomic E-state index is 5.29. The third-order valence-electron chi connectivity index (χ3n) is 5.23. The van der Waals surface area contributed by atoms with Crippen molar-refractivity contribution in [3.8, 4) is 0 Å². The van der Waals surface area contributed by atoms with Crippen molar-refractivity contribution in [2.24, 2.45) is 5.10 Å². The molecule has 28 heavy (non-hydrogen) atoms. The molecular weight excluding hydrogens is 364 g/mol. The lowest BCUT2D eigenvalue weighted by Gasteiger charge is -2.50. The van der Waals surface area contributed by atoms with Crippen molar-refractivity contribution in [3.63, 3.8) is 0 Å². The van der Waals surface area contributed by atoms with Crippen LogP contribution in [0.5, 0.6) is 0 Å². The lowest BCUT2D eigenvalue weighted by molar-refractivity contribution is 0.356. The molecule has 1 aliphatic heterocycles. The number of rotatable bonds is 4. The fourth-order valence-corrected chi connectivity index (χ4v) is 4.54. The summed E-state index contributed by atoms with van der Waals surface area (Å²) in [6, 6.07) is 16.9. The Morgan fingerprint density at radius 1 is 1.21 bits per heavy atom. The van der Waals surface area contributed by atoms with Crippen LogP contribution in [0.25, 0.3) is 0 Å². The van der Waals surface area contributed by atoms with E-state index in [1.807, 2.05) is 36.5 Å². The molecule has 2 aromatic carbocycles. The zero-order valence-electron chi connectivity index (χ0n) is 17.4. The summed E-state index contributed by atoms with van der Waals surface area (Å²) in [7, 11) is 0. The smallest absolute Gasteiger partial charge is 0.191 e. The second-order valence-corrected chi connectivity index (χ2v) is 8.80. The zero-order valence-corrected chi connectivity index (χ0v) is 18.2. The molecule has 148 valence electrons. The van der Waals surface area contributed by atoms with E-state index in [2.05, 4.69) is 73.6 Å². The van der Waals surface area contributed by atoms with Gasteiger partial charge in [-0.1, -0.05) is 31.2 Å². The third kappa shape index (κ3) is 4.53. The van der Waals surface area contributed by atoms with Crippen molar-refractivity contribution >= 4 is 34.9 Å². The first kappa shape index (κ1) is 20.3. The van der Waals surface area contributed by atoms with Crippen LogP contribution in [0.15, 0.2) is 53.6 Å². The van der Waals surface area contributed by atoms with Crippen LogP contribution < -0.4 is 15.6 Å². The number of fused-ring (bicyclic) bond motifs is 1. The summed E-state index contributed by atoms with van der Waals surface area (Å²) in [5.41, 5.74) is 7.79. The first-order valence-electron chi connectivity index (χ1n) is 9.86. The topological polar surface area (TPSA) is 39.7 Å². The highest BCUT2D eigenvalue weighted by Crippen LogP contribution is 2.44. The van der Waals surface area contributed by atoms with Crippen LogP contribution in [0.1, 0.15) is 58.1 Å². The predicted octanol–water partition coefficient (Wildman–Crippen LogP) is 5.51. The highest BCUT2D eigenvalue weighted by atomic mass is 32.1. The molecule has 1 heterocycles. The highest BCUT2D eigenvalue weighted by Gasteiger charge is 2.37. The molecule has 0 amide bonds. The molecular formula is C23H30N4S. The van der Waals surface area contributed by atoms with Crippen molar-refractivity contribution < 1.29 is 0 Å². The van der Waals surface area contributed by atoms with E-state index in [1.165, 1.54) is 11.3 Å². The van der Waals surface area contributed by atoms with Crippen LogP contribution in [0, 0.1) is 0 Å². The van der Waals surface area contributed by atoms with E-state index in [9.17, 15) is 0 Å². The number of nitrogens with one attached hydrogen (secondary N) is 2. The zero-order chi connectivity index (χ0) is 20.3. The molecule has 2 N–H and O–H groups in total. The van der Waals surface area contributed by atoms with Crippen molar-refractivity contribution in [2.75, 3.05) is 10.2 Å². The van der Waals surface area contributed by atoms with Gasteiger partial charge in [0.1, 0.15) is 0 Å². The molecule has 0 saturated carbocycles. The van der Waals surface area contributed by atoms with E-state index in [1.54, 1.807) is 0 Å². The molecule has 0 bridgehead atoms. The van der Waals surface area contributed by atoms with Crippen LogP contribution in [0.2, 0.25) is 0 Å². The molecule has 0 aromatic heterocycles. The van der Waals surface area contributed by atoms with Gasteiger partial charge in [0, 0.05) is 23.0 Å². The van der Waals surface area contributed by atoms with Crippen LogP contribution in [-0.2, 0) is 0 Å². The quantitative estimate of drug-likeness (QED) is 0.408. The molecule has 0 radical (unpaired) electrons. The van der Waals surface area contributed by atoms with Gasteiger partial charge in [-0.3, -0.25) is 5.43 Å². The second kappa shape index (κ2) is 8.31. The molecule has 0 saturated heterocycles. The van der Waals surface area contributed by atoms with E-state index in [0.717, 1.165) is 17.7 Å². The first-order chi connectivity index (χ1) is 13.3. The van der Waals surface area contributed by atoms with Crippen LogP contribution >= 0.6 is 12.2 Å². The van der Waals surface area contributed by atoms with Gasteiger partial charge >= 0.3 is 0 Å². The van der Waals surface area contributed by atoms with Gasteiger partial charge in [0.25, 0.3) is 0 Å². The maximum absolute atomic E-state index is 5.29. The van der Waals surface area contributed by atoms with Gasteiger partial charge in [0.2, 0.25) is 0 Å². The molecule has 0 spiro atoms. The second-order valence-electron chi connectivity index (χ2n) is 8.39. The lowest BCUT2D eigenvalue weighted by Crippen LogP contribution is -2.51. The third-order valence-corrected chi connectivity index (χ3v) is 5.42. The van der Waals surface area contributed by atoms with E-state index in [0.29, 0.717) is 17.1 Å². The number of para-hydroxylation sites is 1. The van der Waals surface area contributed by atoms with Crippen molar-refractivity contribution in [1.82, 2.24) is 5.43 Å². The monoisotopic (exact) mass is 394 g/mol. The number of hydrogen-bond acceptors (Lipinski definition) is 3. The maximum Gasteiger partial charge on any atom is 0.191 e. The predicted molar refractivity (Wildman–Crippen MR) is 125 cm³/mol. The Kier molecular flexibility index (Phi) is 6.04. The molecule has 1 aliphatic rings. The normalized spacial score (nSPS) is 18.2. The minimum atomic E-state index is 0.160. The van der Waals surface area contributed by atoms with Gasteiger partial charge in [0.15, 0.2) is 5.11 Å². The Morgan fingerprint density at radius 2 is 1.93 bits per heavy atom. The number of benzene rings is 2. The van der Waals surface area contributed by atoms with Crippen molar-refractivity contribution in [1.29, 1.82) is 0 Å². The van der Waals surface area contributed by atoms with Gasteiger partial charge in [0.05, 0.1) is 6.21 Å². The molecule has 4 nitrogen and oxygen atoms in total. The number of thiocarbonyl (C=S) groups is 1. The Hall–Kier alpha value is -2.40. The summed E-state index contributed by atoms with van der Waals surface area (Å²) in [6.07, 6.45) is 2.97. The van der Waals surface area contributed by atoms with E-state index >= 15 is 0 Å². The Balaban J connectivity index is 1.72. The molecule has 0 aliphatic carbocycles. The summed E-state index contributed by atoms with van der Waals surface area (Å²) >= 11 is 5.29. The number of hydrazone groups is 1. The fourth-order valence-electron chi connectivity index (χ4n) is 4.37. The van der Waals surface area contributed by atoms with Crippen LogP contribution in [0.4, 0.5) is 11.4 Å². The van der Waals surface area contributed by atoms with E-state index in [-0.39, 0.29) is 5.54 Å². The average Bonchev–Trinajstić information content (AvgIpc) is 2.62. The van der Waals surface area contributed by atoms with Crippen molar-refractivity contribution in [3.05, 3.63) is 59.7 Å². The van der Waals surface area contributed by atoms with Crippen LogP contribution in [-0.4, -0.2) is 22.9 Å². The standard InChI is InChI=1S/C23H30N4S/c1-16(2)27-21-12-11-18(13-20(21)17(3)14-23(27,4)5)15-24-26-22(28)25-19-9-7-6-8-10-19/h6-13,15-17H,14H2,1-5H3,(H2,25,26,28)/b24-15+/t17-/m0/s1. The fraction of sp³-hybridized carbons (Fsp3) is 0.391. The molecule has 1 atom stereocenters. The minimum absolute atomic E-state index is 0.160. The molecule has 2 aromatic rings. The van der Waals surface area contributed by atoms with Gasteiger partial charge in [-0.2, -0.15) is 5.10 Å². The summed E-state index contributed by atoms with van der Waals surface area (Å²) in [5, 5.41) is 7.89. The molecule has 3 rings (SSSR count). The SMILES string of the molecule is CC(C)N1c2ccc(/C=N/NC(=S)Nc3ccccc3)cc2[C@@H](C)CC1(C)C. The number of nitrogens with zero attached hydrogens (tertiary/aromatic N) is 2. The average molecular weight is 395 g/mol. The molecule has 5 heteroatoms. The summed E-state index contributed by atoms with van der Waals surface area (Å²) in [6.45, 7) is 11.5.